The van der Waals surface area contributed by atoms with Crippen LogP contribution in [0.5, 0.6) is 0 Å². The fourth-order valence-electron chi connectivity index (χ4n) is 2.63. The number of H-pyrrole nitrogens is 1. The number of para-hydroxylation sites is 1. The highest BCUT2D eigenvalue weighted by Crippen LogP contribution is 2.17. The quantitative estimate of drug-likeness (QED) is 0.401. The fraction of sp³-hybridized carbons (Fsp3) is 0.105. The number of rotatable bonds is 5. The smallest absolute Gasteiger partial charge is 0.282 e. The van der Waals surface area contributed by atoms with Gasteiger partial charge in [-0.3, -0.25) is 24.8 Å². The van der Waals surface area contributed by atoms with E-state index in [-0.39, 0.29) is 22.4 Å². The van der Waals surface area contributed by atoms with Gasteiger partial charge in [0.05, 0.1) is 22.4 Å². The van der Waals surface area contributed by atoms with Gasteiger partial charge in [-0.15, -0.1) is 0 Å². The van der Waals surface area contributed by atoms with Crippen LogP contribution >= 0.6 is 0 Å². The van der Waals surface area contributed by atoms with Crippen molar-refractivity contribution in [1.82, 2.24) is 15.2 Å². The van der Waals surface area contributed by atoms with Crippen molar-refractivity contribution in [1.29, 1.82) is 0 Å². The van der Waals surface area contributed by atoms with Crippen LogP contribution in [0, 0.1) is 24.0 Å². The minimum absolute atomic E-state index is 0.118. The third-order valence-corrected chi connectivity index (χ3v) is 4.11. The number of carbonyl (C=O) groups excluding carboxylic acids is 1. The number of amides is 1. The molecular weight excluding hydrogens is 362 g/mol. The standard InChI is InChI=1S/C19H17N5O4/c1-12-7-9-14(10-8-12)23-19(26)16(13(2)22-23)11-20-21-18(25)15-5-3-4-6-17(15)24(27)28/h3-11,22H,1-2H3,(H,21,25). The van der Waals surface area contributed by atoms with Gasteiger partial charge in [-0.05, 0) is 32.0 Å². The Morgan fingerprint density at radius 3 is 2.54 bits per heavy atom. The molecule has 9 heteroatoms. The van der Waals surface area contributed by atoms with E-state index in [2.05, 4.69) is 15.6 Å². The summed E-state index contributed by atoms with van der Waals surface area (Å²) in [5.74, 6) is -0.740. The van der Waals surface area contributed by atoms with Crippen LogP contribution in [0.2, 0.25) is 0 Å². The van der Waals surface area contributed by atoms with Crippen molar-refractivity contribution < 1.29 is 9.72 Å². The minimum atomic E-state index is -0.740. The van der Waals surface area contributed by atoms with Crippen LogP contribution in [0.4, 0.5) is 5.69 Å². The van der Waals surface area contributed by atoms with Gasteiger partial charge in [0.25, 0.3) is 17.2 Å². The van der Waals surface area contributed by atoms with Gasteiger partial charge in [0.1, 0.15) is 5.56 Å². The minimum Gasteiger partial charge on any atom is -0.295 e. The number of benzene rings is 2. The van der Waals surface area contributed by atoms with E-state index in [1.165, 1.54) is 35.2 Å². The maximum atomic E-state index is 12.6. The molecular formula is C19H17N5O4. The number of nitro groups is 1. The number of hydrogen-bond donors (Lipinski definition) is 2. The van der Waals surface area contributed by atoms with Crippen LogP contribution in [0.25, 0.3) is 5.69 Å². The molecule has 1 amide bonds. The van der Waals surface area contributed by atoms with Gasteiger partial charge in [-0.2, -0.15) is 5.10 Å². The highest BCUT2D eigenvalue weighted by atomic mass is 16.6. The van der Waals surface area contributed by atoms with Crippen LogP contribution < -0.4 is 11.0 Å². The molecule has 0 fully saturated rings. The number of aryl methyl sites for hydroxylation is 2. The summed E-state index contributed by atoms with van der Waals surface area (Å²) >= 11 is 0. The van der Waals surface area contributed by atoms with E-state index in [4.69, 9.17) is 0 Å². The Kier molecular flexibility index (Phi) is 5.16. The van der Waals surface area contributed by atoms with Gasteiger partial charge < -0.3 is 0 Å². The maximum Gasteiger partial charge on any atom is 0.282 e. The van der Waals surface area contributed by atoms with E-state index in [1.807, 2.05) is 31.2 Å². The first kappa shape index (κ1) is 18.8. The lowest BCUT2D eigenvalue weighted by Crippen LogP contribution is -2.21. The fourth-order valence-corrected chi connectivity index (χ4v) is 2.63. The summed E-state index contributed by atoms with van der Waals surface area (Å²) in [6, 6.07) is 12.9. The largest absolute Gasteiger partial charge is 0.295 e. The molecule has 0 atom stereocenters. The lowest BCUT2D eigenvalue weighted by Gasteiger charge is -2.01. The summed E-state index contributed by atoms with van der Waals surface area (Å²) < 4.78 is 1.37. The third kappa shape index (κ3) is 3.73. The molecule has 0 saturated carbocycles. The molecule has 0 aliphatic rings. The van der Waals surface area contributed by atoms with Gasteiger partial charge in [0.2, 0.25) is 0 Å². The zero-order chi connectivity index (χ0) is 20.3. The number of carbonyl (C=O) groups is 1. The van der Waals surface area contributed by atoms with E-state index >= 15 is 0 Å². The van der Waals surface area contributed by atoms with Crippen LogP contribution in [-0.4, -0.2) is 26.8 Å². The molecule has 0 aliphatic carbocycles. The number of nitrogens with zero attached hydrogens (tertiary/aromatic N) is 3. The topological polar surface area (TPSA) is 122 Å². The lowest BCUT2D eigenvalue weighted by molar-refractivity contribution is -0.385. The average molecular weight is 379 g/mol. The zero-order valence-electron chi connectivity index (χ0n) is 15.2. The number of nitro benzene ring substituents is 1. The second-order valence-corrected chi connectivity index (χ2v) is 6.10. The summed E-state index contributed by atoms with van der Waals surface area (Å²) in [4.78, 5) is 35.1. The van der Waals surface area contributed by atoms with Crippen LogP contribution in [-0.2, 0) is 0 Å². The number of aromatic nitrogens is 2. The van der Waals surface area contributed by atoms with Crippen molar-refractivity contribution in [3.63, 3.8) is 0 Å². The summed E-state index contributed by atoms with van der Waals surface area (Å²) in [6.45, 7) is 3.65. The Balaban J connectivity index is 1.82. The molecule has 3 aromatic rings. The van der Waals surface area contributed by atoms with E-state index in [0.717, 1.165) is 5.56 Å². The number of aromatic amines is 1. The van der Waals surface area contributed by atoms with E-state index in [1.54, 1.807) is 6.92 Å². The lowest BCUT2D eigenvalue weighted by atomic mass is 10.2. The molecule has 3 rings (SSSR count). The Hall–Kier alpha value is -4.01. The summed E-state index contributed by atoms with van der Waals surface area (Å²) in [7, 11) is 0. The Bertz CT molecular complexity index is 1130. The molecule has 0 spiro atoms. The summed E-state index contributed by atoms with van der Waals surface area (Å²) in [6.07, 6.45) is 1.21. The average Bonchev–Trinajstić information content (AvgIpc) is 2.96. The normalized spacial score (nSPS) is 10.9. The Labute approximate surface area is 159 Å². The first-order valence-corrected chi connectivity index (χ1v) is 8.34. The van der Waals surface area contributed by atoms with E-state index < -0.39 is 10.8 Å². The van der Waals surface area contributed by atoms with Crippen molar-refractivity contribution in [2.24, 2.45) is 5.10 Å². The molecule has 0 saturated heterocycles. The monoisotopic (exact) mass is 379 g/mol. The molecule has 28 heavy (non-hydrogen) atoms. The predicted octanol–water partition coefficient (Wildman–Crippen LogP) is 2.45. The van der Waals surface area contributed by atoms with Crippen molar-refractivity contribution in [2.75, 3.05) is 0 Å². The highest BCUT2D eigenvalue weighted by Gasteiger charge is 2.18. The first-order valence-electron chi connectivity index (χ1n) is 8.34. The highest BCUT2D eigenvalue weighted by molar-refractivity contribution is 5.98. The van der Waals surface area contributed by atoms with E-state index in [9.17, 15) is 19.7 Å². The predicted molar refractivity (Wildman–Crippen MR) is 104 cm³/mol. The maximum absolute atomic E-state index is 12.6. The molecule has 0 unspecified atom stereocenters. The number of hydrazone groups is 1. The molecule has 1 aromatic heterocycles. The first-order chi connectivity index (χ1) is 13.4. The number of hydrogen-bond acceptors (Lipinski definition) is 5. The molecule has 0 radical (unpaired) electrons. The van der Waals surface area contributed by atoms with Crippen LogP contribution in [0.1, 0.15) is 27.2 Å². The van der Waals surface area contributed by atoms with Crippen LogP contribution in [0.3, 0.4) is 0 Å². The molecule has 142 valence electrons. The number of nitrogens with one attached hydrogen (secondary N) is 2. The van der Waals surface area contributed by atoms with Crippen molar-refractivity contribution >= 4 is 17.8 Å². The SMILES string of the molecule is Cc1ccc(-n2[nH]c(C)c(C=NNC(=O)c3ccccc3[N+](=O)[O-])c2=O)cc1. The second-order valence-electron chi connectivity index (χ2n) is 6.10. The summed E-state index contributed by atoms with van der Waals surface area (Å²) in [5, 5.41) is 17.7. The molecule has 2 aromatic carbocycles. The zero-order valence-corrected chi connectivity index (χ0v) is 15.2. The van der Waals surface area contributed by atoms with Crippen LogP contribution in [0.15, 0.2) is 58.4 Å². The van der Waals surface area contributed by atoms with Crippen molar-refractivity contribution in [2.45, 2.75) is 13.8 Å². The van der Waals surface area contributed by atoms with Gasteiger partial charge in [0.15, 0.2) is 0 Å². The molecule has 0 bridgehead atoms. The molecule has 2 N–H and O–H groups in total. The Morgan fingerprint density at radius 2 is 1.86 bits per heavy atom. The molecule has 9 nitrogen and oxygen atoms in total. The van der Waals surface area contributed by atoms with Crippen molar-refractivity contribution in [3.8, 4) is 5.69 Å². The Morgan fingerprint density at radius 1 is 1.18 bits per heavy atom. The summed E-state index contributed by atoms with van der Waals surface area (Å²) in [5.41, 5.74) is 4.02. The van der Waals surface area contributed by atoms with Crippen molar-refractivity contribution in [3.05, 3.63) is 91.4 Å². The molecule has 1 heterocycles. The van der Waals surface area contributed by atoms with Gasteiger partial charge in [0, 0.05) is 11.8 Å². The third-order valence-electron chi connectivity index (χ3n) is 4.11. The second kappa shape index (κ2) is 7.70. The molecule has 0 aliphatic heterocycles. The van der Waals surface area contributed by atoms with Gasteiger partial charge in [-0.25, -0.2) is 10.1 Å². The van der Waals surface area contributed by atoms with Gasteiger partial charge in [-0.1, -0.05) is 29.8 Å². The van der Waals surface area contributed by atoms with E-state index in [0.29, 0.717) is 11.4 Å². The van der Waals surface area contributed by atoms with Gasteiger partial charge >= 0.3 is 0 Å².